The lowest BCUT2D eigenvalue weighted by Crippen LogP contribution is -2.31. The average Bonchev–Trinajstić information content (AvgIpc) is 2.41. The molecule has 3 N–H and O–H groups in total. The number of pyridine rings is 1. The van der Waals surface area contributed by atoms with E-state index in [9.17, 15) is 22.8 Å². The number of rotatable bonds is 7. The van der Waals surface area contributed by atoms with E-state index >= 15 is 0 Å². The number of halogens is 3. The Labute approximate surface area is 117 Å². The van der Waals surface area contributed by atoms with Gasteiger partial charge in [0, 0.05) is 13.2 Å². The van der Waals surface area contributed by atoms with E-state index in [2.05, 4.69) is 5.32 Å². The van der Waals surface area contributed by atoms with E-state index in [-0.39, 0.29) is 25.3 Å². The predicted molar refractivity (Wildman–Crippen MR) is 66.9 cm³/mol. The highest BCUT2D eigenvalue weighted by Crippen LogP contribution is 2.26. The monoisotopic (exact) mass is 308 g/mol. The highest BCUT2D eigenvalue weighted by molar-refractivity contribution is 5.93. The molecule has 0 saturated heterocycles. The number of ether oxygens (including phenoxy) is 1. The molecule has 21 heavy (non-hydrogen) atoms. The van der Waals surface area contributed by atoms with Gasteiger partial charge in [-0.3, -0.25) is 9.59 Å². The van der Waals surface area contributed by atoms with E-state index in [4.69, 9.17) is 9.84 Å². The number of H-pyrrole nitrogens is 1. The van der Waals surface area contributed by atoms with Crippen LogP contribution in [0.2, 0.25) is 0 Å². The second kappa shape index (κ2) is 7.79. The lowest BCUT2D eigenvalue weighted by Gasteiger charge is -2.08. The van der Waals surface area contributed by atoms with Crippen molar-refractivity contribution in [3.63, 3.8) is 0 Å². The Hall–Kier alpha value is -1.87. The molecule has 0 bridgehead atoms. The quantitative estimate of drug-likeness (QED) is 0.641. The summed E-state index contributed by atoms with van der Waals surface area (Å²) in [6.45, 7) is 0.592. The minimum atomic E-state index is -4.67. The van der Waals surface area contributed by atoms with E-state index in [0.717, 1.165) is 6.07 Å². The fourth-order valence-electron chi connectivity index (χ4n) is 1.46. The van der Waals surface area contributed by atoms with Gasteiger partial charge in [-0.25, -0.2) is 0 Å². The van der Waals surface area contributed by atoms with Gasteiger partial charge in [-0.15, -0.1) is 0 Å². The lowest BCUT2D eigenvalue weighted by atomic mass is 10.2. The molecule has 9 heteroatoms. The van der Waals surface area contributed by atoms with Crippen LogP contribution in [0.1, 0.15) is 22.5 Å². The second-order valence-electron chi connectivity index (χ2n) is 4.06. The number of amides is 1. The molecule has 0 spiro atoms. The maximum Gasteiger partial charge on any atom is 0.431 e. The van der Waals surface area contributed by atoms with Crippen molar-refractivity contribution in [3.8, 4) is 0 Å². The van der Waals surface area contributed by atoms with Gasteiger partial charge in [-0.2, -0.15) is 13.2 Å². The number of hydrogen-bond donors (Lipinski definition) is 3. The summed E-state index contributed by atoms with van der Waals surface area (Å²) in [7, 11) is 0. The summed E-state index contributed by atoms with van der Waals surface area (Å²) < 4.78 is 42.0. The smallest absolute Gasteiger partial charge is 0.394 e. The molecule has 1 amide bonds. The third-order valence-electron chi connectivity index (χ3n) is 2.45. The first-order valence-electron chi connectivity index (χ1n) is 6.13. The van der Waals surface area contributed by atoms with Crippen LogP contribution >= 0.6 is 0 Å². The molecule has 118 valence electrons. The van der Waals surface area contributed by atoms with Crippen LogP contribution in [-0.2, 0) is 10.9 Å². The molecule has 0 atom stereocenters. The Bertz CT molecular complexity index is 528. The molecular weight excluding hydrogens is 293 g/mol. The molecule has 1 heterocycles. The average molecular weight is 308 g/mol. The highest BCUT2D eigenvalue weighted by Gasteiger charge is 2.32. The Morgan fingerprint density at radius 1 is 1.33 bits per heavy atom. The van der Waals surface area contributed by atoms with Crippen molar-refractivity contribution >= 4 is 5.91 Å². The van der Waals surface area contributed by atoms with Crippen LogP contribution in [0, 0.1) is 0 Å². The zero-order valence-corrected chi connectivity index (χ0v) is 11.0. The fraction of sp³-hybridized carbons (Fsp3) is 0.500. The minimum Gasteiger partial charge on any atom is -0.394 e. The van der Waals surface area contributed by atoms with Crippen LogP contribution in [-0.4, -0.2) is 42.4 Å². The van der Waals surface area contributed by atoms with Gasteiger partial charge in [0.1, 0.15) is 11.3 Å². The first-order chi connectivity index (χ1) is 9.86. The zero-order chi connectivity index (χ0) is 15.9. The van der Waals surface area contributed by atoms with Crippen LogP contribution in [0.15, 0.2) is 16.9 Å². The normalized spacial score (nSPS) is 11.4. The van der Waals surface area contributed by atoms with Crippen molar-refractivity contribution < 1.29 is 27.8 Å². The minimum absolute atomic E-state index is 0.104. The number of aliphatic hydroxyl groups is 1. The Morgan fingerprint density at radius 2 is 2.05 bits per heavy atom. The third-order valence-corrected chi connectivity index (χ3v) is 2.45. The standard InChI is InChI=1S/C12H15F3N2O4/c13-12(14,15)9-3-2-8(11(20)17-9)10(19)16-4-1-6-21-7-5-18/h2-3,18H,1,4-7H2,(H,16,19)(H,17,20). The molecule has 1 aromatic heterocycles. The Balaban J connectivity index is 2.54. The van der Waals surface area contributed by atoms with Gasteiger partial charge in [0.25, 0.3) is 11.5 Å². The summed E-state index contributed by atoms with van der Waals surface area (Å²) in [6, 6.07) is 1.47. The van der Waals surface area contributed by atoms with E-state index in [0.29, 0.717) is 19.1 Å². The maximum absolute atomic E-state index is 12.3. The second-order valence-corrected chi connectivity index (χ2v) is 4.06. The number of carbonyl (C=O) groups excluding carboxylic acids is 1. The number of aromatic nitrogens is 1. The summed E-state index contributed by atoms with van der Waals surface area (Å²) in [5, 5.41) is 10.8. The zero-order valence-electron chi connectivity index (χ0n) is 11.0. The first kappa shape index (κ1) is 17.2. The van der Waals surface area contributed by atoms with Gasteiger partial charge in [-0.05, 0) is 18.6 Å². The molecule has 0 saturated carbocycles. The molecule has 0 aliphatic heterocycles. The van der Waals surface area contributed by atoms with Gasteiger partial charge in [-0.1, -0.05) is 0 Å². The Kier molecular flexibility index (Phi) is 6.38. The van der Waals surface area contributed by atoms with Crippen LogP contribution in [0.3, 0.4) is 0 Å². The summed E-state index contributed by atoms with van der Waals surface area (Å²) in [5.74, 6) is -0.757. The number of aliphatic hydroxyl groups excluding tert-OH is 1. The maximum atomic E-state index is 12.3. The van der Waals surface area contributed by atoms with Crippen molar-refractivity contribution in [2.45, 2.75) is 12.6 Å². The number of alkyl halides is 3. The van der Waals surface area contributed by atoms with Gasteiger partial charge >= 0.3 is 6.18 Å². The molecule has 0 aromatic carbocycles. The molecule has 6 nitrogen and oxygen atoms in total. The van der Waals surface area contributed by atoms with Crippen LogP contribution in [0.4, 0.5) is 13.2 Å². The predicted octanol–water partition coefficient (Wildman–Crippen LogP) is 0.523. The number of aromatic amines is 1. The van der Waals surface area contributed by atoms with Gasteiger partial charge in [0.2, 0.25) is 0 Å². The summed E-state index contributed by atoms with van der Waals surface area (Å²) >= 11 is 0. The van der Waals surface area contributed by atoms with Crippen molar-refractivity contribution in [3.05, 3.63) is 33.7 Å². The van der Waals surface area contributed by atoms with E-state index in [1.54, 1.807) is 4.98 Å². The largest absolute Gasteiger partial charge is 0.431 e. The third kappa shape index (κ3) is 5.56. The van der Waals surface area contributed by atoms with Crippen LogP contribution < -0.4 is 10.9 Å². The summed E-state index contributed by atoms with van der Waals surface area (Å²) in [5.41, 5.74) is -2.69. The molecule has 0 unspecified atom stereocenters. The highest BCUT2D eigenvalue weighted by atomic mass is 19.4. The molecule has 0 fully saturated rings. The van der Waals surface area contributed by atoms with Crippen molar-refractivity contribution in [2.75, 3.05) is 26.4 Å². The van der Waals surface area contributed by atoms with E-state index in [1.165, 1.54) is 0 Å². The van der Waals surface area contributed by atoms with Crippen molar-refractivity contribution in [2.24, 2.45) is 0 Å². The van der Waals surface area contributed by atoms with Crippen LogP contribution in [0.5, 0.6) is 0 Å². The molecular formula is C12H15F3N2O4. The number of hydrogen-bond acceptors (Lipinski definition) is 4. The first-order valence-corrected chi connectivity index (χ1v) is 6.13. The topological polar surface area (TPSA) is 91.4 Å². The molecule has 0 aliphatic carbocycles. The Morgan fingerprint density at radius 3 is 2.62 bits per heavy atom. The number of carbonyl (C=O) groups is 1. The lowest BCUT2D eigenvalue weighted by molar-refractivity contribution is -0.141. The number of nitrogens with one attached hydrogen (secondary N) is 2. The SMILES string of the molecule is O=C(NCCCOCCO)c1ccc(C(F)(F)F)[nH]c1=O. The van der Waals surface area contributed by atoms with E-state index < -0.39 is 23.3 Å². The molecule has 1 rings (SSSR count). The van der Waals surface area contributed by atoms with Crippen molar-refractivity contribution in [1.82, 2.24) is 10.3 Å². The molecule has 0 radical (unpaired) electrons. The summed E-state index contributed by atoms with van der Waals surface area (Å²) in [4.78, 5) is 24.7. The molecule has 0 aliphatic rings. The fourth-order valence-corrected chi connectivity index (χ4v) is 1.46. The van der Waals surface area contributed by atoms with Crippen molar-refractivity contribution in [1.29, 1.82) is 0 Å². The van der Waals surface area contributed by atoms with Gasteiger partial charge < -0.3 is 20.1 Å². The van der Waals surface area contributed by atoms with Gasteiger partial charge in [0.05, 0.1) is 13.2 Å². The van der Waals surface area contributed by atoms with Gasteiger partial charge in [0.15, 0.2) is 0 Å². The van der Waals surface area contributed by atoms with Crippen LogP contribution in [0.25, 0.3) is 0 Å². The van der Waals surface area contributed by atoms with E-state index in [1.807, 2.05) is 0 Å². The molecule has 1 aromatic rings. The summed E-state index contributed by atoms with van der Waals surface area (Å²) in [6.07, 6.45) is -4.22.